The van der Waals surface area contributed by atoms with E-state index in [0.717, 1.165) is 33.4 Å². The highest BCUT2D eigenvalue weighted by Gasteiger charge is 2.35. The summed E-state index contributed by atoms with van der Waals surface area (Å²) < 4.78 is 0. The Hall–Kier alpha value is -3.34. The zero-order valence-electron chi connectivity index (χ0n) is 28.4. The van der Waals surface area contributed by atoms with E-state index in [1.54, 1.807) is 18.2 Å². The predicted molar refractivity (Wildman–Crippen MR) is 185 cm³/mol. The zero-order valence-corrected chi connectivity index (χ0v) is 28.4. The summed E-state index contributed by atoms with van der Waals surface area (Å²) in [6.45, 7) is 18.3. The molecule has 4 heteroatoms. The topological polar surface area (TPSA) is 74.6 Å². The van der Waals surface area contributed by atoms with Crippen molar-refractivity contribution in [3.05, 3.63) is 118 Å². The summed E-state index contributed by atoms with van der Waals surface area (Å²) in [5, 5.41) is 19.9. The van der Waals surface area contributed by atoms with Gasteiger partial charge in [0.2, 0.25) is 0 Å². The van der Waals surface area contributed by atoms with Crippen LogP contribution in [0, 0.1) is 16.7 Å². The number of Topliss-reactive ketones (excluding diaryl/α,β-unsaturated/α-hetero) is 1. The van der Waals surface area contributed by atoms with Gasteiger partial charge in [0.15, 0.2) is 11.6 Å². The third-order valence-electron chi connectivity index (χ3n) is 8.59. The monoisotopic (exact) mass is 598 g/mol. The standard InChI is InChI=1S/C40H54O4/c1-28(16-12-17-30(3)20-21-36-31(4)22-34(42)25-39(36,6)7)14-10-11-15-29(2)18-13-19-33(27-41)38(44)24-37-32(5)23-35(43)26-40(37,8)9/h10-22,35-36,41,43H,23-27H2,1-9H3/b11-10+,16-12+,18-13+,21-20+,28-14+,29-15+,30-17+,33-19+/t35?,36-/m0/s1. The van der Waals surface area contributed by atoms with Gasteiger partial charge in [-0.3, -0.25) is 9.59 Å². The smallest absolute Gasteiger partial charge is 0.165 e. The third-order valence-corrected chi connectivity index (χ3v) is 8.59. The summed E-state index contributed by atoms with van der Waals surface area (Å²) in [7, 11) is 0. The molecule has 0 amide bonds. The zero-order chi connectivity index (χ0) is 33.1. The minimum Gasteiger partial charge on any atom is -0.393 e. The van der Waals surface area contributed by atoms with Crippen LogP contribution in [0.1, 0.15) is 88.0 Å². The van der Waals surface area contributed by atoms with Crippen molar-refractivity contribution in [2.45, 2.75) is 94.1 Å². The quantitative estimate of drug-likeness (QED) is 0.134. The number of carbonyl (C=O) groups is 2. The molecule has 0 saturated carbocycles. The molecule has 44 heavy (non-hydrogen) atoms. The van der Waals surface area contributed by atoms with Crippen LogP contribution in [0.5, 0.6) is 0 Å². The molecule has 0 aromatic heterocycles. The Morgan fingerprint density at radius 2 is 1.43 bits per heavy atom. The van der Waals surface area contributed by atoms with E-state index in [1.165, 1.54) is 0 Å². The second-order valence-electron chi connectivity index (χ2n) is 13.8. The average molecular weight is 599 g/mol. The molecule has 0 radical (unpaired) electrons. The number of aliphatic hydroxyl groups excluding tert-OH is 2. The van der Waals surface area contributed by atoms with Crippen LogP contribution in [0.3, 0.4) is 0 Å². The summed E-state index contributed by atoms with van der Waals surface area (Å²) in [4.78, 5) is 24.9. The first-order valence-corrected chi connectivity index (χ1v) is 15.7. The lowest BCUT2D eigenvalue weighted by molar-refractivity contribution is -0.117. The van der Waals surface area contributed by atoms with Crippen LogP contribution in [0.25, 0.3) is 0 Å². The fraction of sp³-hybridized carbons (Fsp3) is 0.450. The van der Waals surface area contributed by atoms with Crippen LogP contribution in [0.2, 0.25) is 0 Å². The molecule has 0 aromatic rings. The van der Waals surface area contributed by atoms with Gasteiger partial charge in [-0.1, -0.05) is 134 Å². The van der Waals surface area contributed by atoms with E-state index >= 15 is 0 Å². The maximum Gasteiger partial charge on any atom is 0.165 e. The number of aliphatic hydroxyl groups is 2. The van der Waals surface area contributed by atoms with Crippen molar-refractivity contribution in [2.75, 3.05) is 6.61 Å². The van der Waals surface area contributed by atoms with E-state index in [9.17, 15) is 19.8 Å². The molecule has 0 saturated heterocycles. The number of carbonyl (C=O) groups excluding carboxylic acids is 2. The Bertz CT molecular complexity index is 1380. The number of allylic oxidation sites excluding steroid dienone is 18. The molecular weight excluding hydrogens is 544 g/mol. The highest BCUT2D eigenvalue weighted by molar-refractivity contribution is 5.97. The fourth-order valence-corrected chi connectivity index (χ4v) is 6.22. The SMILES string of the molecule is CC1=CC(=O)CC(C)(C)[C@H]1/C=C/C(C)=C/C=C/C(C)=C/C=C/C=C(C)/C=C/C=C(\CO)C(=O)CC1=C(C)CC(O)CC1(C)C. The molecule has 2 rings (SSSR count). The maximum absolute atomic E-state index is 12.9. The summed E-state index contributed by atoms with van der Waals surface area (Å²) in [5.74, 6) is 0.401. The van der Waals surface area contributed by atoms with Crippen molar-refractivity contribution in [2.24, 2.45) is 16.7 Å². The minimum absolute atomic E-state index is 0.0647. The summed E-state index contributed by atoms with van der Waals surface area (Å²) in [5.41, 5.74) is 6.66. The number of ketones is 2. The van der Waals surface area contributed by atoms with E-state index in [0.29, 0.717) is 24.8 Å². The molecule has 238 valence electrons. The molecule has 2 N–H and O–H groups in total. The summed E-state index contributed by atoms with van der Waals surface area (Å²) in [6, 6.07) is 0. The average Bonchev–Trinajstić information content (AvgIpc) is 2.89. The van der Waals surface area contributed by atoms with E-state index < -0.39 is 0 Å². The molecule has 0 spiro atoms. The Morgan fingerprint density at radius 3 is 1.98 bits per heavy atom. The summed E-state index contributed by atoms with van der Waals surface area (Å²) in [6.07, 6.45) is 27.5. The van der Waals surface area contributed by atoms with E-state index in [-0.39, 0.29) is 47.4 Å². The lowest BCUT2D eigenvalue weighted by atomic mass is 9.68. The normalized spacial score (nSPS) is 24.0. The van der Waals surface area contributed by atoms with Crippen molar-refractivity contribution >= 4 is 11.6 Å². The molecule has 2 atom stereocenters. The van der Waals surface area contributed by atoms with Gasteiger partial charge in [0.25, 0.3) is 0 Å². The first-order valence-electron chi connectivity index (χ1n) is 15.7. The molecule has 2 aliphatic carbocycles. The van der Waals surface area contributed by atoms with Crippen molar-refractivity contribution < 1.29 is 19.8 Å². The van der Waals surface area contributed by atoms with Crippen molar-refractivity contribution in [3.63, 3.8) is 0 Å². The minimum atomic E-state index is -0.365. The van der Waals surface area contributed by atoms with E-state index in [4.69, 9.17) is 0 Å². The van der Waals surface area contributed by atoms with Crippen LogP contribution in [0.15, 0.2) is 118 Å². The predicted octanol–water partition coefficient (Wildman–Crippen LogP) is 8.99. The number of hydrogen-bond acceptors (Lipinski definition) is 4. The van der Waals surface area contributed by atoms with Crippen LogP contribution < -0.4 is 0 Å². The van der Waals surface area contributed by atoms with Gasteiger partial charge in [-0.05, 0) is 64.4 Å². The van der Waals surface area contributed by atoms with Gasteiger partial charge in [0.05, 0.1) is 12.7 Å². The molecule has 2 aliphatic rings. The number of rotatable bonds is 12. The van der Waals surface area contributed by atoms with Crippen LogP contribution in [0.4, 0.5) is 0 Å². The first kappa shape index (κ1) is 36.8. The first-order chi connectivity index (χ1) is 20.6. The van der Waals surface area contributed by atoms with Crippen molar-refractivity contribution in [1.82, 2.24) is 0 Å². The van der Waals surface area contributed by atoms with Gasteiger partial charge in [-0.25, -0.2) is 0 Å². The maximum atomic E-state index is 12.9. The molecule has 0 heterocycles. The van der Waals surface area contributed by atoms with Gasteiger partial charge in [0.1, 0.15) is 0 Å². The molecule has 1 unspecified atom stereocenters. The van der Waals surface area contributed by atoms with Gasteiger partial charge < -0.3 is 10.2 Å². The highest BCUT2D eigenvalue weighted by Crippen LogP contribution is 2.42. The Morgan fingerprint density at radius 1 is 0.886 bits per heavy atom. The largest absolute Gasteiger partial charge is 0.393 e. The van der Waals surface area contributed by atoms with Gasteiger partial charge >= 0.3 is 0 Å². The highest BCUT2D eigenvalue weighted by atomic mass is 16.3. The Balaban J connectivity index is 1.94. The molecule has 0 bridgehead atoms. The van der Waals surface area contributed by atoms with E-state index in [2.05, 4.69) is 65.8 Å². The lowest BCUT2D eigenvalue weighted by Gasteiger charge is -2.37. The van der Waals surface area contributed by atoms with Crippen LogP contribution >= 0.6 is 0 Å². The summed E-state index contributed by atoms with van der Waals surface area (Å²) >= 11 is 0. The molecule has 0 aromatic carbocycles. The second kappa shape index (κ2) is 16.7. The Labute approximate surface area is 266 Å². The van der Waals surface area contributed by atoms with Gasteiger partial charge in [0, 0.05) is 24.3 Å². The van der Waals surface area contributed by atoms with Crippen molar-refractivity contribution in [3.8, 4) is 0 Å². The number of hydrogen-bond donors (Lipinski definition) is 2. The Kier molecular flexibility index (Phi) is 13.9. The third kappa shape index (κ3) is 11.6. The molecule has 0 fully saturated rings. The second-order valence-corrected chi connectivity index (χ2v) is 13.8. The van der Waals surface area contributed by atoms with E-state index in [1.807, 2.05) is 57.2 Å². The van der Waals surface area contributed by atoms with Crippen LogP contribution in [-0.2, 0) is 9.59 Å². The molecular formula is C40H54O4. The molecule has 0 aliphatic heterocycles. The molecule has 4 nitrogen and oxygen atoms in total. The van der Waals surface area contributed by atoms with Crippen LogP contribution in [-0.4, -0.2) is 34.5 Å². The fourth-order valence-electron chi connectivity index (χ4n) is 6.22. The van der Waals surface area contributed by atoms with Gasteiger partial charge in [-0.2, -0.15) is 0 Å². The van der Waals surface area contributed by atoms with Crippen molar-refractivity contribution in [1.29, 1.82) is 0 Å². The van der Waals surface area contributed by atoms with Gasteiger partial charge in [-0.15, -0.1) is 0 Å². The lowest BCUT2D eigenvalue weighted by Crippen LogP contribution is -2.30.